The van der Waals surface area contributed by atoms with Crippen molar-refractivity contribution < 1.29 is 19.8 Å². The van der Waals surface area contributed by atoms with Gasteiger partial charge in [-0.2, -0.15) is 0 Å². The molecule has 1 atom stereocenters. The fraction of sp³-hybridized carbons (Fsp3) is 0.818. The third-order valence-electron chi connectivity index (χ3n) is 4.80. The van der Waals surface area contributed by atoms with Crippen molar-refractivity contribution >= 4 is 11.9 Å². The molecule has 0 heterocycles. The quantitative estimate of drug-likeness (QED) is 0.199. The average Bonchev–Trinajstić information content (AvgIpc) is 2.59. The van der Waals surface area contributed by atoms with Gasteiger partial charge in [-0.05, 0) is 12.8 Å². The van der Waals surface area contributed by atoms with Gasteiger partial charge in [-0.25, -0.2) is 0 Å². The van der Waals surface area contributed by atoms with Crippen molar-refractivity contribution in [3.05, 3.63) is 12.2 Å². The Bertz CT molecular complexity index is 376. The molecule has 4 nitrogen and oxygen atoms in total. The van der Waals surface area contributed by atoms with Crippen LogP contribution in [0.5, 0.6) is 0 Å². The van der Waals surface area contributed by atoms with Gasteiger partial charge in [0.15, 0.2) is 0 Å². The van der Waals surface area contributed by atoms with Gasteiger partial charge in [0.1, 0.15) is 0 Å². The molecular weight excluding hydrogens is 328 g/mol. The summed E-state index contributed by atoms with van der Waals surface area (Å²) < 4.78 is 0. The van der Waals surface area contributed by atoms with E-state index in [0.29, 0.717) is 0 Å². The number of hydrogen-bond donors (Lipinski definition) is 2. The maximum absolute atomic E-state index is 10.9. The lowest BCUT2D eigenvalue weighted by molar-refractivity contribution is -0.146. The summed E-state index contributed by atoms with van der Waals surface area (Å²) in [4.78, 5) is 21.5. The minimum absolute atomic E-state index is 0.343. The molecular formula is C22H40O4. The summed E-state index contributed by atoms with van der Waals surface area (Å²) in [7, 11) is 0. The molecule has 0 unspecified atom stereocenters. The highest BCUT2D eigenvalue weighted by molar-refractivity contribution is 5.79. The van der Waals surface area contributed by atoms with E-state index in [1.165, 1.54) is 89.5 Å². The number of carbonyl (C=O) groups is 2. The zero-order valence-corrected chi connectivity index (χ0v) is 16.8. The Morgan fingerprint density at radius 1 is 0.731 bits per heavy atom. The molecule has 0 saturated heterocycles. The SMILES string of the molecule is CCCCCCCCCCCCCCCCC=C[C@H](CC(=O)O)C(=O)O. The molecule has 0 aromatic carbocycles. The minimum Gasteiger partial charge on any atom is -0.481 e. The van der Waals surface area contributed by atoms with Gasteiger partial charge in [-0.1, -0.05) is 103 Å². The van der Waals surface area contributed by atoms with E-state index >= 15 is 0 Å². The van der Waals surface area contributed by atoms with Gasteiger partial charge in [0.05, 0.1) is 12.3 Å². The van der Waals surface area contributed by atoms with E-state index in [-0.39, 0.29) is 6.42 Å². The van der Waals surface area contributed by atoms with E-state index in [0.717, 1.165) is 12.8 Å². The van der Waals surface area contributed by atoms with Crippen LogP contribution < -0.4 is 0 Å². The second-order valence-electron chi connectivity index (χ2n) is 7.36. The Morgan fingerprint density at radius 3 is 1.54 bits per heavy atom. The molecule has 26 heavy (non-hydrogen) atoms. The smallest absolute Gasteiger partial charge is 0.310 e. The lowest BCUT2D eigenvalue weighted by atomic mass is 10.0. The van der Waals surface area contributed by atoms with Crippen molar-refractivity contribution in [3.8, 4) is 0 Å². The van der Waals surface area contributed by atoms with Crippen molar-refractivity contribution in [1.29, 1.82) is 0 Å². The number of carboxylic acid groups (broad SMARTS) is 2. The number of hydrogen-bond acceptors (Lipinski definition) is 2. The van der Waals surface area contributed by atoms with Crippen LogP contribution in [-0.2, 0) is 9.59 Å². The zero-order valence-electron chi connectivity index (χ0n) is 16.8. The molecule has 0 aliphatic rings. The highest BCUT2D eigenvalue weighted by atomic mass is 16.4. The lowest BCUT2D eigenvalue weighted by Gasteiger charge is -2.04. The van der Waals surface area contributed by atoms with Crippen LogP contribution in [0, 0.1) is 5.92 Å². The van der Waals surface area contributed by atoms with Gasteiger partial charge >= 0.3 is 11.9 Å². The number of allylic oxidation sites excluding steroid dienone is 1. The van der Waals surface area contributed by atoms with Crippen LogP contribution in [0.4, 0.5) is 0 Å². The molecule has 152 valence electrons. The van der Waals surface area contributed by atoms with Crippen LogP contribution in [0.15, 0.2) is 12.2 Å². The molecule has 0 spiro atoms. The fourth-order valence-electron chi connectivity index (χ4n) is 3.14. The van der Waals surface area contributed by atoms with Crippen LogP contribution in [-0.4, -0.2) is 22.2 Å². The van der Waals surface area contributed by atoms with Crippen LogP contribution in [0.1, 0.15) is 110 Å². The molecule has 0 aliphatic carbocycles. The number of unbranched alkanes of at least 4 members (excludes halogenated alkanes) is 14. The average molecular weight is 369 g/mol. The molecule has 4 heteroatoms. The monoisotopic (exact) mass is 368 g/mol. The summed E-state index contributed by atoms with van der Waals surface area (Å²) in [6.07, 6.45) is 22.3. The van der Waals surface area contributed by atoms with Crippen molar-refractivity contribution in [3.63, 3.8) is 0 Å². The Morgan fingerprint density at radius 2 is 1.15 bits per heavy atom. The first kappa shape index (κ1) is 24.7. The first-order chi connectivity index (χ1) is 12.6. The largest absolute Gasteiger partial charge is 0.481 e. The summed E-state index contributed by atoms with van der Waals surface area (Å²) in [6, 6.07) is 0. The Labute approximate surface area is 160 Å². The van der Waals surface area contributed by atoms with Gasteiger partial charge in [0.25, 0.3) is 0 Å². The summed E-state index contributed by atoms with van der Waals surface area (Å²) >= 11 is 0. The van der Waals surface area contributed by atoms with E-state index in [9.17, 15) is 9.59 Å². The van der Waals surface area contributed by atoms with Gasteiger partial charge < -0.3 is 10.2 Å². The molecule has 0 saturated carbocycles. The van der Waals surface area contributed by atoms with Gasteiger partial charge in [0, 0.05) is 0 Å². The van der Waals surface area contributed by atoms with Crippen molar-refractivity contribution in [2.45, 2.75) is 110 Å². The summed E-state index contributed by atoms with van der Waals surface area (Å²) in [5.41, 5.74) is 0. The highest BCUT2D eigenvalue weighted by Crippen LogP contribution is 2.14. The lowest BCUT2D eigenvalue weighted by Crippen LogP contribution is -2.15. The van der Waals surface area contributed by atoms with Crippen LogP contribution in [0.2, 0.25) is 0 Å². The number of rotatable bonds is 19. The highest BCUT2D eigenvalue weighted by Gasteiger charge is 2.17. The third-order valence-corrected chi connectivity index (χ3v) is 4.80. The van der Waals surface area contributed by atoms with E-state index in [2.05, 4.69) is 6.92 Å². The topological polar surface area (TPSA) is 74.6 Å². The van der Waals surface area contributed by atoms with E-state index in [4.69, 9.17) is 10.2 Å². The molecule has 0 radical (unpaired) electrons. The zero-order chi connectivity index (χ0) is 19.5. The summed E-state index contributed by atoms with van der Waals surface area (Å²) in [5.74, 6) is -3.04. The van der Waals surface area contributed by atoms with Crippen molar-refractivity contribution in [1.82, 2.24) is 0 Å². The molecule has 0 aromatic rings. The Hall–Kier alpha value is -1.32. The molecule has 0 aromatic heterocycles. The second kappa shape index (κ2) is 18.5. The van der Waals surface area contributed by atoms with Crippen LogP contribution in [0.25, 0.3) is 0 Å². The summed E-state index contributed by atoms with van der Waals surface area (Å²) in [6.45, 7) is 2.26. The molecule has 0 bridgehead atoms. The molecule has 0 rings (SSSR count). The Kier molecular flexibility index (Phi) is 17.5. The van der Waals surface area contributed by atoms with Gasteiger partial charge in [-0.15, -0.1) is 0 Å². The maximum Gasteiger partial charge on any atom is 0.310 e. The maximum atomic E-state index is 10.9. The van der Waals surface area contributed by atoms with E-state index in [1.807, 2.05) is 6.08 Å². The van der Waals surface area contributed by atoms with Crippen molar-refractivity contribution in [2.75, 3.05) is 0 Å². The fourth-order valence-corrected chi connectivity index (χ4v) is 3.14. The summed E-state index contributed by atoms with van der Waals surface area (Å²) in [5, 5.41) is 17.6. The molecule has 0 fully saturated rings. The van der Waals surface area contributed by atoms with Crippen LogP contribution >= 0.6 is 0 Å². The van der Waals surface area contributed by atoms with Gasteiger partial charge in [0.2, 0.25) is 0 Å². The van der Waals surface area contributed by atoms with Crippen molar-refractivity contribution in [2.24, 2.45) is 5.92 Å². The molecule has 2 N–H and O–H groups in total. The normalized spacial score (nSPS) is 12.5. The number of aliphatic carboxylic acids is 2. The van der Waals surface area contributed by atoms with Gasteiger partial charge in [-0.3, -0.25) is 9.59 Å². The van der Waals surface area contributed by atoms with E-state index in [1.54, 1.807) is 0 Å². The predicted molar refractivity (Wildman–Crippen MR) is 107 cm³/mol. The first-order valence-electron chi connectivity index (χ1n) is 10.7. The predicted octanol–water partition coefficient (Wildman–Crippen LogP) is 6.59. The molecule has 0 amide bonds. The Balaban J connectivity index is 3.36. The number of carboxylic acids is 2. The minimum atomic E-state index is -1.07. The standard InChI is InChI=1S/C22H40O4/c1-2-3-4-5-6-7-8-9-10-11-12-13-14-15-16-17-18-20(22(25)26)19-21(23)24/h17-18,20H,2-16,19H2,1H3,(H,23,24)(H,25,26)/t20-/m1/s1. The third kappa shape index (κ3) is 17.5. The van der Waals surface area contributed by atoms with E-state index < -0.39 is 17.9 Å². The first-order valence-corrected chi connectivity index (χ1v) is 10.7. The molecule has 0 aliphatic heterocycles. The van der Waals surface area contributed by atoms with Crippen LogP contribution in [0.3, 0.4) is 0 Å². The second-order valence-corrected chi connectivity index (χ2v) is 7.36.